The second-order valence-corrected chi connectivity index (χ2v) is 10.2. The van der Waals surface area contributed by atoms with Crippen molar-refractivity contribution in [3.63, 3.8) is 0 Å². The third kappa shape index (κ3) is 5.74. The number of thioether (sulfide) groups is 1. The predicted molar refractivity (Wildman–Crippen MR) is 113 cm³/mol. The molecule has 1 aliphatic heterocycles. The largest absolute Gasteiger partial charge is 0.446 e. The predicted octanol–water partition coefficient (Wildman–Crippen LogP) is 6.14. The van der Waals surface area contributed by atoms with Gasteiger partial charge in [-0.2, -0.15) is 18.4 Å². The van der Waals surface area contributed by atoms with Crippen LogP contribution in [0.1, 0.15) is 32.1 Å². The molecule has 0 aliphatic carbocycles. The van der Waals surface area contributed by atoms with Gasteiger partial charge in [-0.15, -0.1) is 11.3 Å². The minimum absolute atomic E-state index is 0.0487. The molecular formula is C20H21F4N3O2S2. The molecule has 1 aromatic heterocycles. The van der Waals surface area contributed by atoms with Gasteiger partial charge in [0, 0.05) is 18.5 Å². The summed E-state index contributed by atoms with van der Waals surface area (Å²) in [6.07, 6.45) is -1.69. The van der Waals surface area contributed by atoms with Crippen molar-refractivity contribution in [2.45, 2.75) is 55.4 Å². The second kappa shape index (κ2) is 8.74. The standard InChI is InChI=1S/C20H21F4N3O2S2/c1-19(2,3)29-18(28)27-8-7-12(21)14(10-27)26-13-6-4-5-11-16(13)30-15(9-25)17(11)31-20(22,23)24/h4-6,12,14,26H,7-8,10H2,1-3H3/t12-,14+/m0/s1. The summed E-state index contributed by atoms with van der Waals surface area (Å²) < 4.78 is 59.3. The molecule has 1 amide bonds. The number of carbonyl (C=O) groups is 1. The number of fused-ring (bicyclic) bond motifs is 1. The van der Waals surface area contributed by atoms with Gasteiger partial charge < -0.3 is 15.0 Å². The number of rotatable bonds is 3. The number of nitrogens with zero attached hydrogens (tertiary/aromatic N) is 2. The van der Waals surface area contributed by atoms with E-state index in [9.17, 15) is 27.6 Å². The number of likely N-dealkylation sites (tertiary alicyclic amines) is 1. The Balaban J connectivity index is 1.87. The molecule has 0 spiro atoms. The zero-order chi connectivity index (χ0) is 23.0. The highest BCUT2D eigenvalue weighted by atomic mass is 32.2. The molecular weight excluding hydrogens is 454 g/mol. The number of nitriles is 1. The summed E-state index contributed by atoms with van der Waals surface area (Å²) in [6, 6.07) is 5.74. The van der Waals surface area contributed by atoms with E-state index in [2.05, 4.69) is 5.32 Å². The van der Waals surface area contributed by atoms with Gasteiger partial charge in [0.05, 0.1) is 21.3 Å². The van der Waals surface area contributed by atoms with Crippen molar-refractivity contribution in [1.82, 2.24) is 4.90 Å². The highest BCUT2D eigenvalue weighted by molar-refractivity contribution is 8.00. The molecule has 168 valence electrons. The minimum Gasteiger partial charge on any atom is -0.444 e. The molecule has 0 saturated carbocycles. The molecule has 5 nitrogen and oxygen atoms in total. The zero-order valence-corrected chi connectivity index (χ0v) is 18.7. The summed E-state index contributed by atoms with van der Waals surface area (Å²) >= 11 is 0.593. The Morgan fingerprint density at radius 2 is 2.06 bits per heavy atom. The maximum Gasteiger partial charge on any atom is 0.446 e. The topological polar surface area (TPSA) is 65.4 Å². The van der Waals surface area contributed by atoms with Crippen LogP contribution in [0.2, 0.25) is 0 Å². The van der Waals surface area contributed by atoms with Crippen LogP contribution in [-0.4, -0.2) is 47.4 Å². The zero-order valence-electron chi connectivity index (χ0n) is 17.0. The molecule has 0 bridgehead atoms. The van der Waals surface area contributed by atoms with Crippen LogP contribution in [0.5, 0.6) is 0 Å². The smallest absolute Gasteiger partial charge is 0.444 e. The molecule has 31 heavy (non-hydrogen) atoms. The normalized spacial score (nSPS) is 19.9. The summed E-state index contributed by atoms with van der Waals surface area (Å²) in [6.45, 7) is 5.48. The Morgan fingerprint density at radius 3 is 2.68 bits per heavy atom. The summed E-state index contributed by atoms with van der Waals surface area (Å²) in [7, 11) is 0. The van der Waals surface area contributed by atoms with E-state index in [-0.39, 0.29) is 46.4 Å². The first-order chi connectivity index (χ1) is 14.4. The number of nitrogens with one attached hydrogen (secondary N) is 1. The van der Waals surface area contributed by atoms with E-state index in [1.807, 2.05) is 6.07 Å². The number of hydrogen-bond donors (Lipinski definition) is 1. The van der Waals surface area contributed by atoms with E-state index in [0.29, 0.717) is 10.4 Å². The van der Waals surface area contributed by atoms with Crippen LogP contribution in [0, 0.1) is 11.3 Å². The Bertz CT molecular complexity index is 1010. The third-order valence-electron chi connectivity index (χ3n) is 4.51. The SMILES string of the molecule is CC(C)(C)OC(=O)N1CC[C@H](F)[C@H](Nc2cccc3c(SC(F)(F)F)c(C#N)sc23)C1. The van der Waals surface area contributed by atoms with Crippen LogP contribution < -0.4 is 5.32 Å². The number of ether oxygens (including phenoxy) is 1. The highest BCUT2D eigenvalue weighted by Crippen LogP contribution is 2.47. The summed E-state index contributed by atoms with van der Waals surface area (Å²) in [5.41, 5.74) is -4.80. The molecule has 2 atom stereocenters. The molecule has 1 N–H and O–H groups in total. The van der Waals surface area contributed by atoms with Gasteiger partial charge >= 0.3 is 11.6 Å². The second-order valence-electron chi connectivity index (χ2n) is 8.08. The number of amides is 1. The molecule has 11 heteroatoms. The average molecular weight is 476 g/mol. The van der Waals surface area contributed by atoms with Crippen LogP contribution >= 0.6 is 23.1 Å². The first kappa shape index (κ1) is 23.5. The van der Waals surface area contributed by atoms with Gasteiger partial charge in [0.15, 0.2) is 0 Å². The minimum atomic E-state index is -4.54. The van der Waals surface area contributed by atoms with Gasteiger partial charge in [0.2, 0.25) is 0 Å². The van der Waals surface area contributed by atoms with Crippen molar-refractivity contribution in [2.75, 3.05) is 18.4 Å². The quantitative estimate of drug-likeness (QED) is 0.426. The number of thiophene rings is 1. The first-order valence-electron chi connectivity index (χ1n) is 9.48. The van der Waals surface area contributed by atoms with Crippen molar-refractivity contribution in [3.05, 3.63) is 23.1 Å². The number of hydrogen-bond acceptors (Lipinski definition) is 6. The molecule has 1 aliphatic rings. The van der Waals surface area contributed by atoms with E-state index in [4.69, 9.17) is 4.74 Å². The Hall–Kier alpha value is -2.19. The maximum atomic E-state index is 14.6. The van der Waals surface area contributed by atoms with Crippen LogP contribution in [0.15, 0.2) is 23.1 Å². The van der Waals surface area contributed by atoms with Gasteiger partial charge in [0.1, 0.15) is 22.7 Å². The van der Waals surface area contributed by atoms with E-state index < -0.39 is 29.4 Å². The molecule has 2 heterocycles. The fraction of sp³-hybridized carbons (Fsp3) is 0.500. The summed E-state index contributed by atoms with van der Waals surface area (Å²) in [4.78, 5) is 13.6. The van der Waals surface area contributed by atoms with Gasteiger partial charge in [-0.1, -0.05) is 12.1 Å². The molecule has 2 aromatic rings. The highest BCUT2D eigenvalue weighted by Gasteiger charge is 2.35. The molecule has 1 fully saturated rings. The lowest BCUT2D eigenvalue weighted by Gasteiger charge is -2.36. The van der Waals surface area contributed by atoms with Crippen LogP contribution in [-0.2, 0) is 4.74 Å². The molecule has 1 saturated heterocycles. The Kier molecular flexibility index (Phi) is 6.62. The fourth-order valence-electron chi connectivity index (χ4n) is 3.25. The number of alkyl halides is 4. The van der Waals surface area contributed by atoms with E-state index in [1.165, 1.54) is 11.0 Å². The molecule has 0 unspecified atom stereocenters. The van der Waals surface area contributed by atoms with Crippen LogP contribution in [0.3, 0.4) is 0 Å². The van der Waals surface area contributed by atoms with Gasteiger partial charge in [-0.3, -0.25) is 0 Å². The van der Waals surface area contributed by atoms with Crippen LogP contribution in [0.25, 0.3) is 10.1 Å². The van der Waals surface area contributed by atoms with E-state index in [0.717, 1.165) is 11.3 Å². The van der Waals surface area contributed by atoms with Crippen molar-refractivity contribution in [1.29, 1.82) is 5.26 Å². The average Bonchev–Trinajstić information content (AvgIpc) is 2.99. The third-order valence-corrected chi connectivity index (χ3v) is 6.64. The first-order valence-corrected chi connectivity index (χ1v) is 11.1. The number of carbonyl (C=O) groups excluding carboxylic acids is 1. The van der Waals surface area contributed by atoms with Crippen molar-refractivity contribution in [2.24, 2.45) is 0 Å². The summed E-state index contributed by atoms with van der Waals surface area (Å²) in [5, 5.41) is 12.6. The number of piperidine rings is 1. The number of halogens is 4. The number of benzene rings is 1. The lowest BCUT2D eigenvalue weighted by Crippen LogP contribution is -2.51. The summed E-state index contributed by atoms with van der Waals surface area (Å²) in [5.74, 6) is 0. The van der Waals surface area contributed by atoms with Crippen molar-refractivity contribution in [3.8, 4) is 6.07 Å². The van der Waals surface area contributed by atoms with E-state index in [1.54, 1.807) is 32.9 Å². The Labute approximate surface area is 185 Å². The lowest BCUT2D eigenvalue weighted by molar-refractivity contribution is -0.0327. The number of anilines is 1. The Morgan fingerprint density at radius 1 is 1.35 bits per heavy atom. The molecule has 3 rings (SSSR count). The van der Waals surface area contributed by atoms with Gasteiger partial charge in [-0.05, 0) is 45.0 Å². The van der Waals surface area contributed by atoms with Crippen molar-refractivity contribution >= 4 is 45.0 Å². The van der Waals surface area contributed by atoms with Gasteiger partial charge in [-0.25, -0.2) is 9.18 Å². The van der Waals surface area contributed by atoms with E-state index >= 15 is 0 Å². The molecule has 0 radical (unpaired) electrons. The molecule has 1 aromatic carbocycles. The maximum absolute atomic E-state index is 14.6. The van der Waals surface area contributed by atoms with Crippen LogP contribution in [0.4, 0.5) is 28.0 Å². The monoisotopic (exact) mass is 475 g/mol. The van der Waals surface area contributed by atoms with Crippen molar-refractivity contribution < 1.29 is 27.1 Å². The lowest BCUT2D eigenvalue weighted by atomic mass is 10.0. The van der Waals surface area contributed by atoms with Gasteiger partial charge in [0.25, 0.3) is 0 Å². The fourth-order valence-corrected chi connectivity index (χ4v) is 5.19.